The molecule has 574 valence electrons. The second-order valence-corrected chi connectivity index (χ2v) is 29.4. The molecule has 0 aromatic heterocycles. The normalized spacial score (nSPS) is 14.5. The number of phosphoric acid groups is 2. The van der Waals surface area contributed by atoms with Crippen molar-refractivity contribution < 1.29 is 75.8 Å². The number of rotatable bonds is 75. The second kappa shape index (κ2) is 74.2. The van der Waals surface area contributed by atoms with Crippen molar-refractivity contribution in [2.24, 2.45) is 0 Å². The highest BCUT2D eigenvalue weighted by Gasteiger charge is 2.29. The fourth-order valence-corrected chi connectivity index (χ4v) is 12.4. The van der Waals surface area contributed by atoms with E-state index in [4.69, 9.17) is 32.3 Å². The Balaban J connectivity index is 4.33. The lowest BCUT2D eigenvalue weighted by molar-refractivity contribution is -0.161. The van der Waals surface area contributed by atoms with E-state index in [1.54, 1.807) is 0 Å². The van der Waals surface area contributed by atoms with Crippen molar-refractivity contribution in [3.63, 3.8) is 0 Å². The van der Waals surface area contributed by atoms with Gasteiger partial charge in [-0.1, -0.05) is 317 Å². The van der Waals surface area contributed by atoms with Crippen LogP contribution in [-0.4, -0.2) is 95.9 Å². The maximum absolute atomic E-state index is 12.9. The van der Waals surface area contributed by atoms with Gasteiger partial charge in [0.15, 0.2) is 6.10 Å². The fraction of sp³-hybridized carbons (Fsp3) is 0.765. The largest absolute Gasteiger partial charge is 0.472 e. The minimum atomic E-state index is -4.92. The molecule has 4 N–H and O–H groups in total. The molecular weight excluding hydrogens is 1290 g/mol. The van der Waals surface area contributed by atoms with Gasteiger partial charge >= 0.3 is 33.6 Å². The molecule has 0 bridgehead atoms. The second-order valence-electron chi connectivity index (χ2n) is 26.5. The molecule has 0 rings (SSSR count). The predicted octanol–water partition coefficient (Wildman–Crippen LogP) is 23.0. The third-order valence-electron chi connectivity index (χ3n) is 16.8. The first-order valence-electron chi connectivity index (χ1n) is 39.5. The molecule has 0 aromatic rings. The molecule has 16 nitrogen and oxygen atoms in total. The highest BCUT2D eigenvalue weighted by atomic mass is 31.2. The number of aliphatic hydroxyl groups is 2. The Morgan fingerprint density at radius 1 is 0.293 bits per heavy atom. The maximum Gasteiger partial charge on any atom is 0.472 e. The molecule has 0 heterocycles. The number of phosphoric ester groups is 2. The quantitative estimate of drug-likeness (QED) is 0.0146. The number of esters is 3. The Hall–Kier alpha value is -3.53. The summed E-state index contributed by atoms with van der Waals surface area (Å²) < 4.78 is 61.0. The zero-order chi connectivity index (χ0) is 72.3. The van der Waals surface area contributed by atoms with Gasteiger partial charge in [-0.3, -0.25) is 32.5 Å². The van der Waals surface area contributed by atoms with E-state index in [0.717, 1.165) is 128 Å². The predicted molar refractivity (Wildman–Crippen MR) is 408 cm³/mol. The van der Waals surface area contributed by atoms with Crippen LogP contribution in [0, 0.1) is 0 Å². The van der Waals surface area contributed by atoms with Gasteiger partial charge < -0.3 is 34.2 Å². The van der Waals surface area contributed by atoms with E-state index in [-0.39, 0.29) is 19.3 Å². The minimum Gasteiger partial charge on any atom is -0.463 e. The van der Waals surface area contributed by atoms with Crippen molar-refractivity contribution in [1.29, 1.82) is 0 Å². The van der Waals surface area contributed by atoms with Gasteiger partial charge in [0.05, 0.1) is 26.4 Å². The molecule has 0 saturated heterocycles. The number of carbonyl (C=O) groups is 3. The average molecular weight is 1440 g/mol. The van der Waals surface area contributed by atoms with Gasteiger partial charge in [0, 0.05) is 19.3 Å². The molecule has 0 aliphatic carbocycles. The molecule has 5 unspecified atom stereocenters. The molecule has 0 amide bonds. The van der Waals surface area contributed by atoms with E-state index in [2.05, 4.69) is 118 Å². The molecular formula is C81H144O16P2. The number of allylic oxidation sites excluding steroid dienone is 16. The molecule has 0 radical (unpaired) electrons. The standard InChI is InChI=1S/C81H144O16P2/c1-4-7-10-13-16-19-22-25-27-28-29-30-31-32-33-34-35-36-37-38-39-40-41-42-43-44-45-46-48-51-52-55-58-61-64-67-79(84)91-70-76(82)71-93-98(87,88)94-72-77(83)73-95-99(89,90)96-75-78(97-81(86)69-66-63-60-57-54-49-24-21-18-15-12-9-6-3)74-92-80(85)68-65-62-59-56-53-50-47-26-23-20-17-14-11-8-5-2/h7,10,16-17,19-20,25-27,29-30,32-33,35-36,47,76-78,82-83H,4-6,8-9,11-15,18,21-24,28,31,34,37-46,48-75H2,1-3H3,(H,87,88)(H,89,90)/b10-7-,19-16-,20-17-,27-25-,30-29-,33-32-,36-35-,47-26-. The van der Waals surface area contributed by atoms with Crippen LogP contribution in [0.15, 0.2) is 97.2 Å². The lowest BCUT2D eigenvalue weighted by atomic mass is 10.0. The molecule has 0 aliphatic rings. The summed E-state index contributed by atoms with van der Waals surface area (Å²) in [7, 11) is -9.77. The summed E-state index contributed by atoms with van der Waals surface area (Å²) in [5.41, 5.74) is 0. The summed E-state index contributed by atoms with van der Waals surface area (Å²) in [6.07, 6.45) is 84.8. The number of aliphatic hydroxyl groups excluding tert-OH is 2. The first kappa shape index (κ1) is 95.5. The summed E-state index contributed by atoms with van der Waals surface area (Å²) in [5, 5.41) is 20.6. The van der Waals surface area contributed by atoms with Gasteiger partial charge in [-0.05, 0) is 103 Å². The maximum atomic E-state index is 12.9. The third-order valence-corrected chi connectivity index (χ3v) is 18.7. The van der Waals surface area contributed by atoms with Crippen LogP contribution < -0.4 is 0 Å². The van der Waals surface area contributed by atoms with Gasteiger partial charge in [0.2, 0.25) is 0 Å². The summed E-state index contributed by atoms with van der Waals surface area (Å²) in [6.45, 7) is 2.56. The van der Waals surface area contributed by atoms with Crippen molar-refractivity contribution >= 4 is 33.6 Å². The number of hydrogen-bond acceptors (Lipinski definition) is 14. The van der Waals surface area contributed by atoms with E-state index in [9.17, 15) is 43.5 Å². The third kappa shape index (κ3) is 75.5. The summed E-state index contributed by atoms with van der Waals surface area (Å²) in [5.74, 6) is -1.57. The van der Waals surface area contributed by atoms with E-state index in [1.807, 2.05) is 0 Å². The number of carbonyl (C=O) groups excluding carboxylic acids is 3. The molecule has 0 aliphatic heterocycles. The lowest BCUT2D eigenvalue weighted by Crippen LogP contribution is -2.30. The van der Waals surface area contributed by atoms with Crippen molar-refractivity contribution in [2.45, 2.75) is 360 Å². The number of hydrogen-bond donors (Lipinski definition) is 4. The molecule has 0 spiro atoms. The molecule has 0 saturated carbocycles. The Bertz CT molecular complexity index is 2190. The van der Waals surface area contributed by atoms with Crippen LogP contribution in [-0.2, 0) is 55.8 Å². The monoisotopic (exact) mass is 1430 g/mol. The van der Waals surface area contributed by atoms with Crippen LogP contribution in [0.5, 0.6) is 0 Å². The first-order chi connectivity index (χ1) is 48.2. The van der Waals surface area contributed by atoms with Gasteiger partial charge in [-0.2, -0.15) is 0 Å². The Labute approximate surface area is 603 Å². The van der Waals surface area contributed by atoms with Crippen LogP contribution in [0.1, 0.15) is 342 Å². The minimum absolute atomic E-state index is 0.107. The SMILES string of the molecule is CC/C=C\C/C=C\C/C=C\C/C=C\C/C=C\C/C=C\CCCCCCCCCCCCCCCCCCC(=O)OCC(O)COP(=O)(O)OCC(O)COP(=O)(O)OCC(COC(=O)CCCCCCC/C=C\C/C=C\CCCCC)OC(=O)CCCCCCCCCCCCCCC. The Kier molecular flexibility index (Phi) is 71.6. The molecule has 5 atom stereocenters. The van der Waals surface area contributed by atoms with E-state index in [1.165, 1.54) is 154 Å². The average Bonchev–Trinajstić information content (AvgIpc) is 1.09. The van der Waals surface area contributed by atoms with Crippen molar-refractivity contribution in [3.05, 3.63) is 97.2 Å². The molecule has 99 heavy (non-hydrogen) atoms. The first-order valence-corrected chi connectivity index (χ1v) is 42.5. The van der Waals surface area contributed by atoms with Crippen LogP contribution in [0.25, 0.3) is 0 Å². The van der Waals surface area contributed by atoms with Gasteiger partial charge in [-0.15, -0.1) is 0 Å². The molecule has 0 aromatic carbocycles. The smallest absolute Gasteiger partial charge is 0.463 e. The Morgan fingerprint density at radius 3 is 0.869 bits per heavy atom. The van der Waals surface area contributed by atoms with Gasteiger partial charge in [0.1, 0.15) is 25.4 Å². The van der Waals surface area contributed by atoms with Crippen molar-refractivity contribution in [2.75, 3.05) is 39.6 Å². The molecule has 0 fully saturated rings. The van der Waals surface area contributed by atoms with E-state index >= 15 is 0 Å². The van der Waals surface area contributed by atoms with Crippen LogP contribution >= 0.6 is 15.6 Å². The van der Waals surface area contributed by atoms with Gasteiger partial charge in [0.25, 0.3) is 0 Å². The number of unbranched alkanes of at least 4 members (excludes halogenated alkanes) is 36. The summed E-state index contributed by atoms with van der Waals surface area (Å²) in [6, 6.07) is 0. The number of ether oxygens (including phenoxy) is 3. The zero-order valence-electron chi connectivity index (χ0n) is 62.6. The molecule has 18 heteroatoms. The van der Waals surface area contributed by atoms with Crippen LogP contribution in [0.3, 0.4) is 0 Å². The fourth-order valence-electron chi connectivity index (χ4n) is 10.8. The van der Waals surface area contributed by atoms with Crippen LogP contribution in [0.2, 0.25) is 0 Å². The highest BCUT2D eigenvalue weighted by Crippen LogP contribution is 2.45. The highest BCUT2D eigenvalue weighted by molar-refractivity contribution is 7.47. The van der Waals surface area contributed by atoms with Crippen molar-refractivity contribution in [3.8, 4) is 0 Å². The van der Waals surface area contributed by atoms with E-state index < -0.39 is 91.5 Å². The van der Waals surface area contributed by atoms with Gasteiger partial charge in [-0.25, -0.2) is 9.13 Å². The van der Waals surface area contributed by atoms with Crippen molar-refractivity contribution in [1.82, 2.24) is 0 Å². The topological polar surface area (TPSA) is 231 Å². The Morgan fingerprint density at radius 2 is 0.535 bits per heavy atom. The lowest BCUT2D eigenvalue weighted by Gasteiger charge is -2.21. The summed E-state index contributed by atoms with van der Waals surface area (Å²) in [4.78, 5) is 58.5. The summed E-state index contributed by atoms with van der Waals surface area (Å²) >= 11 is 0. The zero-order valence-corrected chi connectivity index (χ0v) is 64.4. The van der Waals surface area contributed by atoms with E-state index in [0.29, 0.717) is 19.3 Å². The van der Waals surface area contributed by atoms with Crippen LogP contribution in [0.4, 0.5) is 0 Å².